The molecule has 0 aliphatic heterocycles. The minimum Gasteiger partial charge on any atom is -0.726 e. The summed E-state index contributed by atoms with van der Waals surface area (Å²) in [5.74, 6) is 5.68. The van der Waals surface area contributed by atoms with E-state index in [0.29, 0.717) is 0 Å². The smallest absolute Gasteiger partial charge is 0.257 e. The molecule has 0 bridgehead atoms. The number of nitrogens with zero attached hydrogens (tertiary/aromatic N) is 4. The molecule has 4 aromatic rings. The number of rotatable bonds is 50. The molecule has 92 heavy (non-hydrogen) atoms. The Morgan fingerprint density at radius 1 is 0.348 bits per heavy atom. The van der Waals surface area contributed by atoms with Crippen LogP contribution in [0.3, 0.4) is 0 Å². The van der Waals surface area contributed by atoms with Crippen LogP contribution in [-0.4, -0.2) is 65.3 Å². The fourth-order valence-corrected chi connectivity index (χ4v) is 12.0. The molecule has 0 unspecified atom stereocenters. The van der Waals surface area contributed by atoms with Crippen LogP contribution in [0.5, 0.6) is 0 Å². The van der Waals surface area contributed by atoms with Crippen LogP contribution in [0.1, 0.15) is 298 Å². The van der Waals surface area contributed by atoms with Gasteiger partial charge in [-0.05, 0) is 112 Å². The SMILES string of the molecule is C#Cc1cc(-c2ccc(N(CCCCCCCCCC)CCCCCCCCCC)cc2)cc[n+]1CC.C#Cc1cc(-c2ccc(N(CCCCCCCCCCCC)CCCCCCCCCCCC)cc2)cc[n+]1CC.CCOS(=O)(=O)[O-].CCOS(=O)(=O)[O-]. The van der Waals surface area contributed by atoms with Crippen molar-refractivity contribution in [3.63, 3.8) is 0 Å². The van der Waals surface area contributed by atoms with E-state index in [1.54, 1.807) is 0 Å². The third-order valence-corrected chi connectivity index (χ3v) is 17.9. The number of pyridine rings is 2. The van der Waals surface area contributed by atoms with Crippen molar-refractivity contribution in [1.29, 1.82) is 0 Å². The molecule has 0 spiro atoms. The lowest BCUT2D eigenvalue weighted by Gasteiger charge is -2.25. The van der Waals surface area contributed by atoms with Crippen LogP contribution in [0.15, 0.2) is 85.2 Å². The zero-order chi connectivity index (χ0) is 67.8. The van der Waals surface area contributed by atoms with Crippen molar-refractivity contribution in [1.82, 2.24) is 0 Å². The molecule has 2 heterocycles. The predicted molar refractivity (Wildman–Crippen MR) is 387 cm³/mol. The number of hydrogen-bond acceptors (Lipinski definition) is 10. The first-order valence-corrected chi connectivity index (χ1v) is 39.2. The van der Waals surface area contributed by atoms with Gasteiger partial charge in [0, 0.05) is 61.8 Å². The Morgan fingerprint density at radius 2 is 0.576 bits per heavy atom. The Bertz CT molecular complexity index is 2650. The standard InChI is InChI=1S/C39H63N2.C35H55N2.2C2H6O4S/c1-5-9-11-13-15-17-19-21-23-25-32-41(33-26-24-22-20-18-16-14-12-10-6-2)39-29-27-36(28-30-39)37-31-34-40(8-4)38(7-3)35-37;1-5-9-11-13-15-17-19-21-28-37(29-22-20-18-16-14-12-10-6-2)35-25-23-32(24-26-35)33-27-30-36(8-4)34(7-3)31-33;2*1-2-6-7(3,4)5/h3,27-31,34-35H,5-6,8-26,32-33H2,1-2,4H3;3,23-27,30-31H,5-6,8-22,28-29H2,1-2,4H3;2*2H2,1H3,(H,3,4,5)/q2*+1;;/p-2. The van der Waals surface area contributed by atoms with Crippen molar-refractivity contribution in [2.24, 2.45) is 0 Å². The molecule has 12 nitrogen and oxygen atoms in total. The maximum Gasteiger partial charge on any atom is 0.257 e. The predicted octanol–water partition coefficient (Wildman–Crippen LogP) is 20.0. The third kappa shape index (κ3) is 44.0. The zero-order valence-corrected chi connectivity index (χ0v) is 60.9. The molecule has 0 saturated heterocycles. The van der Waals surface area contributed by atoms with Gasteiger partial charge in [-0.15, -0.1) is 12.8 Å². The molecule has 4 rings (SSSR count). The monoisotopic (exact) mass is 1310 g/mol. The largest absolute Gasteiger partial charge is 0.726 e. The maximum absolute atomic E-state index is 9.45. The summed E-state index contributed by atoms with van der Waals surface area (Å²) in [6.45, 7) is 22.6. The summed E-state index contributed by atoms with van der Waals surface area (Å²) in [5, 5.41) is 0. The van der Waals surface area contributed by atoms with Crippen LogP contribution in [0.25, 0.3) is 22.3 Å². The summed E-state index contributed by atoms with van der Waals surface area (Å²) >= 11 is 0. The Morgan fingerprint density at radius 3 is 0.761 bits per heavy atom. The molecule has 520 valence electrons. The molecule has 0 aliphatic carbocycles. The van der Waals surface area contributed by atoms with E-state index in [9.17, 15) is 25.9 Å². The first kappa shape index (κ1) is 85.2. The van der Waals surface area contributed by atoms with Gasteiger partial charge in [0.05, 0.1) is 13.2 Å². The lowest BCUT2D eigenvalue weighted by Crippen LogP contribution is -2.35. The van der Waals surface area contributed by atoms with Crippen LogP contribution >= 0.6 is 0 Å². The molecule has 2 aromatic carbocycles. The minimum absolute atomic E-state index is 0.0914. The second kappa shape index (κ2) is 56.5. The van der Waals surface area contributed by atoms with Crippen molar-refractivity contribution in [2.45, 2.75) is 300 Å². The van der Waals surface area contributed by atoms with Gasteiger partial charge in [-0.3, -0.25) is 8.37 Å². The lowest BCUT2D eigenvalue weighted by molar-refractivity contribution is -0.695. The number of aryl methyl sites for hydroxylation is 2. The van der Waals surface area contributed by atoms with E-state index < -0.39 is 20.8 Å². The molecular formula is C78H128N4O8S2. The minimum atomic E-state index is -4.42. The maximum atomic E-state index is 9.45. The van der Waals surface area contributed by atoms with Crippen LogP contribution < -0.4 is 18.9 Å². The molecular weight excluding hydrogens is 1190 g/mol. The fourth-order valence-electron chi connectivity index (χ4n) is 11.4. The Kier molecular flexibility index (Phi) is 52.4. The summed E-state index contributed by atoms with van der Waals surface area (Å²) in [6.07, 6.45) is 65.6. The number of unbranched alkanes of at least 4 members (excludes halogenated alkanes) is 32. The van der Waals surface area contributed by atoms with E-state index >= 15 is 0 Å². The first-order chi connectivity index (χ1) is 44.6. The van der Waals surface area contributed by atoms with E-state index in [1.807, 2.05) is 0 Å². The highest BCUT2D eigenvalue weighted by Gasteiger charge is 2.14. The molecule has 0 amide bonds. The summed E-state index contributed by atoms with van der Waals surface area (Å²) in [6, 6.07) is 27.1. The number of anilines is 2. The second-order valence-corrected chi connectivity index (χ2v) is 26.6. The summed E-state index contributed by atoms with van der Waals surface area (Å²) < 4.78 is 68.3. The molecule has 0 N–H and O–H groups in total. The quantitative estimate of drug-likeness (QED) is 0.0138. The molecule has 14 heteroatoms. The van der Waals surface area contributed by atoms with Gasteiger partial charge in [-0.2, -0.15) is 9.13 Å². The zero-order valence-electron chi connectivity index (χ0n) is 59.2. The number of benzene rings is 2. The van der Waals surface area contributed by atoms with Gasteiger partial charge >= 0.3 is 0 Å². The molecule has 0 atom stereocenters. The Hall–Kier alpha value is -4.80. The average Bonchev–Trinajstić information content (AvgIpc) is 0.907. The summed E-state index contributed by atoms with van der Waals surface area (Å²) in [5.41, 5.74) is 9.50. The van der Waals surface area contributed by atoms with Crippen LogP contribution in [0.2, 0.25) is 0 Å². The van der Waals surface area contributed by atoms with Gasteiger partial charge in [-0.1, -0.05) is 257 Å². The van der Waals surface area contributed by atoms with Gasteiger partial charge in [0.2, 0.25) is 20.8 Å². The van der Waals surface area contributed by atoms with Crippen LogP contribution in [0.4, 0.5) is 11.4 Å². The number of terminal acetylenes is 2. The first-order valence-electron chi connectivity index (χ1n) is 36.5. The van der Waals surface area contributed by atoms with Crippen molar-refractivity contribution in [3.8, 4) is 46.9 Å². The molecule has 2 aromatic heterocycles. The van der Waals surface area contributed by atoms with Gasteiger partial charge in [0.25, 0.3) is 11.4 Å². The van der Waals surface area contributed by atoms with E-state index in [1.165, 1.54) is 305 Å². The summed E-state index contributed by atoms with van der Waals surface area (Å²) in [7, 11) is -8.85. The van der Waals surface area contributed by atoms with E-state index in [4.69, 9.17) is 12.8 Å². The van der Waals surface area contributed by atoms with Crippen molar-refractivity contribution in [2.75, 3.05) is 49.2 Å². The Labute approximate surface area is 564 Å². The fraction of sp³-hybridized carbons (Fsp3) is 0.667. The van der Waals surface area contributed by atoms with Crippen molar-refractivity contribution in [3.05, 3.63) is 96.6 Å². The molecule has 0 aliphatic rings. The van der Waals surface area contributed by atoms with Gasteiger partial charge < -0.3 is 18.9 Å². The summed E-state index contributed by atoms with van der Waals surface area (Å²) in [4.78, 5) is 5.29. The average molecular weight is 1310 g/mol. The number of hydrogen-bond donors (Lipinski definition) is 0. The third-order valence-electron chi connectivity index (χ3n) is 16.8. The lowest BCUT2D eigenvalue weighted by atomic mass is 10.0. The topological polar surface area (TPSA) is 147 Å². The van der Waals surface area contributed by atoms with Crippen LogP contribution in [-0.2, 0) is 42.3 Å². The normalized spacial score (nSPS) is 11.1. The van der Waals surface area contributed by atoms with Gasteiger partial charge in [0.1, 0.15) is 13.1 Å². The van der Waals surface area contributed by atoms with E-state index in [-0.39, 0.29) is 13.2 Å². The van der Waals surface area contributed by atoms with E-state index in [0.717, 1.165) is 24.5 Å². The second-order valence-electron chi connectivity index (χ2n) is 24.5. The van der Waals surface area contributed by atoms with Gasteiger partial charge in [-0.25, -0.2) is 16.8 Å². The molecule has 0 saturated carbocycles. The number of aromatic nitrogens is 2. The highest BCUT2D eigenvalue weighted by molar-refractivity contribution is 7.81. The van der Waals surface area contributed by atoms with Crippen molar-refractivity contribution < 1.29 is 43.4 Å². The highest BCUT2D eigenvalue weighted by atomic mass is 32.3. The Balaban J connectivity index is 0.000000762. The van der Waals surface area contributed by atoms with Crippen molar-refractivity contribution >= 4 is 32.2 Å². The molecule has 0 fully saturated rings. The van der Waals surface area contributed by atoms with Gasteiger partial charge in [0.15, 0.2) is 12.4 Å². The highest BCUT2D eigenvalue weighted by Crippen LogP contribution is 2.27. The van der Waals surface area contributed by atoms with Crippen LogP contribution in [0, 0.1) is 24.7 Å². The molecule has 0 radical (unpaired) electrons. The van der Waals surface area contributed by atoms with E-state index in [2.05, 4.69) is 166 Å².